The van der Waals surface area contributed by atoms with Gasteiger partial charge in [-0.05, 0) is 0 Å². The van der Waals surface area contributed by atoms with Crippen LogP contribution >= 0.6 is 0 Å². The Balaban J connectivity index is 2.75. The van der Waals surface area contributed by atoms with Crippen molar-refractivity contribution in [1.29, 1.82) is 0 Å². The molecule has 0 aromatic heterocycles. The number of hydrogen-bond acceptors (Lipinski definition) is 6. The largest absolute Gasteiger partial charge is 0.391 e. The molecule has 6 nitrogen and oxygen atoms in total. The second-order valence-corrected chi connectivity index (χ2v) is 3.62. The maximum atomic E-state index is 9.67. The number of aliphatic hydroxyl groups is 3. The van der Waals surface area contributed by atoms with Crippen LogP contribution in [-0.4, -0.2) is 66.9 Å². The fourth-order valence-corrected chi connectivity index (χ4v) is 1.74. The van der Waals surface area contributed by atoms with Gasteiger partial charge in [0.15, 0.2) is 0 Å². The summed E-state index contributed by atoms with van der Waals surface area (Å²) < 4.78 is 15.2. The van der Waals surface area contributed by atoms with Gasteiger partial charge in [0, 0.05) is 20.6 Å². The van der Waals surface area contributed by atoms with Crippen LogP contribution < -0.4 is 0 Å². The van der Waals surface area contributed by atoms with E-state index in [0.717, 1.165) is 0 Å². The molecular weight excluding hydrogens is 204 g/mol. The van der Waals surface area contributed by atoms with E-state index in [-0.39, 0.29) is 13.0 Å². The van der Waals surface area contributed by atoms with E-state index in [1.165, 1.54) is 14.2 Å². The molecule has 1 rings (SSSR count). The Morgan fingerprint density at radius 2 is 2.07 bits per heavy atom. The molecule has 1 fully saturated rings. The second-order valence-electron chi connectivity index (χ2n) is 3.62. The Morgan fingerprint density at radius 3 is 2.53 bits per heavy atom. The predicted octanol–water partition coefficient (Wildman–Crippen LogP) is -1.52. The first-order chi connectivity index (χ1) is 7.09. The summed E-state index contributed by atoms with van der Waals surface area (Å²) in [7, 11) is 2.82. The van der Waals surface area contributed by atoms with E-state index in [2.05, 4.69) is 0 Å². The van der Waals surface area contributed by atoms with Gasteiger partial charge < -0.3 is 29.5 Å². The van der Waals surface area contributed by atoms with Gasteiger partial charge in [-0.3, -0.25) is 0 Å². The van der Waals surface area contributed by atoms with Crippen molar-refractivity contribution in [1.82, 2.24) is 0 Å². The maximum Gasteiger partial charge on any atom is 0.221 e. The lowest BCUT2D eigenvalue weighted by atomic mass is 9.95. The molecule has 0 bridgehead atoms. The average molecular weight is 222 g/mol. The lowest BCUT2D eigenvalue weighted by Gasteiger charge is -2.44. The minimum absolute atomic E-state index is 0.250. The molecule has 0 unspecified atom stereocenters. The lowest BCUT2D eigenvalue weighted by molar-refractivity contribution is -0.345. The molecule has 4 atom stereocenters. The van der Waals surface area contributed by atoms with Crippen LogP contribution in [0.5, 0.6) is 0 Å². The van der Waals surface area contributed by atoms with Gasteiger partial charge in [-0.15, -0.1) is 0 Å². The molecule has 6 heteroatoms. The molecule has 90 valence electrons. The van der Waals surface area contributed by atoms with Crippen molar-refractivity contribution < 1.29 is 29.5 Å². The van der Waals surface area contributed by atoms with Crippen molar-refractivity contribution in [3.05, 3.63) is 0 Å². The van der Waals surface area contributed by atoms with Crippen LogP contribution in [-0.2, 0) is 14.2 Å². The Morgan fingerprint density at radius 1 is 1.40 bits per heavy atom. The van der Waals surface area contributed by atoms with Gasteiger partial charge in [0.2, 0.25) is 5.79 Å². The molecule has 0 amide bonds. The minimum Gasteiger partial charge on any atom is -0.391 e. The molecule has 1 aliphatic heterocycles. The average Bonchev–Trinajstić information content (AvgIpc) is 2.24. The standard InChI is InChI=1S/C9H18O6/c1-13-4-6-3-7(11)8(12)9(5-10,14-2)15-6/h6-8,10-12H,3-5H2,1-2H3/t6-,7+,8-,9-/m0/s1. The summed E-state index contributed by atoms with van der Waals surface area (Å²) in [6, 6.07) is 0. The van der Waals surface area contributed by atoms with Gasteiger partial charge in [-0.1, -0.05) is 0 Å². The van der Waals surface area contributed by atoms with Crippen LogP contribution in [0.4, 0.5) is 0 Å². The zero-order chi connectivity index (χ0) is 11.5. The molecule has 1 saturated heterocycles. The fraction of sp³-hybridized carbons (Fsp3) is 1.00. The molecule has 0 aliphatic carbocycles. The Kier molecular flexibility index (Phi) is 4.45. The quantitative estimate of drug-likeness (QED) is 0.535. The Labute approximate surface area is 88.4 Å². The minimum atomic E-state index is -1.55. The normalized spacial score (nSPS) is 41.8. The van der Waals surface area contributed by atoms with Crippen molar-refractivity contribution in [2.24, 2.45) is 0 Å². The van der Waals surface area contributed by atoms with Crippen LogP contribution in [0.15, 0.2) is 0 Å². The summed E-state index contributed by atoms with van der Waals surface area (Å²) in [5.74, 6) is -1.55. The SMILES string of the molecule is COC[C@@H]1C[C@@H](O)[C@H](O)[C@@](CO)(OC)O1. The topological polar surface area (TPSA) is 88.4 Å². The summed E-state index contributed by atoms with van der Waals surface area (Å²) in [6.45, 7) is -0.253. The van der Waals surface area contributed by atoms with Crippen LogP contribution in [0.1, 0.15) is 6.42 Å². The van der Waals surface area contributed by atoms with E-state index < -0.39 is 30.7 Å². The first-order valence-corrected chi connectivity index (χ1v) is 4.78. The summed E-state index contributed by atoms with van der Waals surface area (Å²) in [4.78, 5) is 0. The van der Waals surface area contributed by atoms with E-state index >= 15 is 0 Å². The zero-order valence-corrected chi connectivity index (χ0v) is 8.92. The highest BCUT2D eigenvalue weighted by atomic mass is 16.7. The summed E-state index contributed by atoms with van der Waals surface area (Å²) in [6.07, 6.45) is -2.41. The van der Waals surface area contributed by atoms with Gasteiger partial charge in [-0.25, -0.2) is 0 Å². The highest BCUT2D eigenvalue weighted by molar-refractivity contribution is 4.91. The number of hydrogen-bond donors (Lipinski definition) is 3. The molecule has 0 radical (unpaired) electrons. The van der Waals surface area contributed by atoms with Gasteiger partial charge in [0.1, 0.15) is 12.7 Å². The molecule has 1 heterocycles. The Hall–Kier alpha value is -0.240. The molecule has 0 saturated carbocycles. The van der Waals surface area contributed by atoms with E-state index in [1.807, 2.05) is 0 Å². The van der Waals surface area contributed by atoms with Crippen molar-refractivity contribution in [3.63, 3.8) is 0 Å². The Bertz CT molecular complexity index is 193. The maximum absolute atomic E-state index is 9.67. The van der Waals surface area contributed by atoms with Gasteiger partial charge >= 0.3 is 0 Å². The third-order valence-electron chi connectivity index (χ3n) is 2.60. The van der Waals surface area contributed by atoms with Gasteiger partial charge in [-0.2, -0.15) is 0 Å². The predicted molar refractivity (Wildman–Crippen MR) is 50.2 cm³/mol. The van der Waals surface area contributed by atoms with Gasteiger partial charge in [0.25, 0.3) is 0 Å². The molecule has 3 N–H and O–H groups in total. The van der Waals surface area contributed by atoms with Crippen LogP contribution in [0.25, 0.3) is 0 Å². The second kappa shape index (κ2) is 5.20. The number of methoxy groups -OCH3 is 2. The highest BCUT2D eigenvalue weighted by Crippen LogP contribution is 2.30. The van der Waals surface area contributed by atoms with Crippen molar-refractivity contribution in [2.45, 2.75) is 30.5 Å². The van der Waals surface area contributed by atoms with Crippen LogP contribution in [0, 0.1) is 0 Å². The molecular formula is C9H18O6. The first-order valence-electron chi connectivity index (χ1n) is 4.78. The molecule has 0 aromatic rings. The highest BCUT2D eigenvalue weighted by Gasteiger charge is 2.49. The smallest absolute Gasteiger partial charge is 0.221 e. The number of aliphatic hydroxyl groups excluding tert-OH is 3. The molecule has 0 spiro atoms. The van der Waals surface area contributed by atoms with E-state index in [0.29, 0.717) is 0 Å². The van der Waals surface area contributed by atoms with E-state index in [9.17, 15) is 10.2 Å². The first kappa shape index (κ1) is 12.8. The van der Waals surface area contributed by atoms with Gasteiger partial charge in [0.05, 0.1) is 18.8 Å². The van der Waals surface area contributed by atoms with Crippen molar-refractivity contribution in [2.75, 3.05) is 27.4 Å². The van der Waals surface area contributed by atoms with Crippen molar-refractivity contribution in [3.8, 4) is 0 Å². The fourth-order valence-electron chi connectivity index (χ4n) is 1.74. The molecule has 15 heavy (non-hydrogen) atoms. The summed E-state index contributed by atoms with van der Waals surface area (Å²) in [5.41, 5.74) is 0. The van der Waals surface area contributed by atoms with Crippen LogP contribution in [0.2, 0.25) is 0 Å². The lowest BCUT2D eigenvalue weighted by Crippen LogP contribution is -2.61. The van der Waals surface area contributed by atoms with Crippen molar-refractivity contribution >= 4 is 0 Å². The van der Waals surface area contributed by atoms with E-state index in [1.54, 1.807) is 0 Å². The number of rotatable bonds is 4. The third-order valence-corrected chi connectivity index (χ3v) is 2.60. The summed E-state index contributed by atoms with van der Waals surface area (Å²) >= 11 is 0. The zero-order valence-electron chi connectivity index (χ0n) is 8.92. The number of ether oxygens (including phenoxy) is 3. The molecule has 0 aromatic carbocycles. The molecule has 1 aliphatic rings. The van der Waals surface area contributed by atoms with Crippen LogP contribution in [0.3, 0.4) is 0 Å². The van der Waals surface area contributed by atoms with E-state index in [4.69, 9.17) is 19.3 Å². The monoisotopic (exact) mass is 222 g/mol. The summed E-state index contributed by atoms with van der Waals surface area (Å²) in [5, 5.41) is 28.4. The third kappa shape index (κ3) is 2.47.